The molecule has 0 radical (unpaired) electrons. The molecule has 0 amide bonds. The zero-order valence-electron chi connectivity index (χ0n) is 10.7. The summed E-state index contributed by atoms with van der Waals surface area (Å²) in [5.41, 5.74) is 3.95. The van der Waals surface area contributed by atoms with Gasteiger partial charge in [0.1, 0.15) is 0 Å². The summed E-state index contributed by atoms with van der Waals surface area (Å²) < 4.78 is 2.24. The van der Waals surface area contributed by atoms with Crippen LogP contribution in [0.1, 0.15) is 31.0 Å². The molecule has 17 heavy (non-hydrogen) atoms. The Hall–Kier alpha value is -1.28. The van der Waals surface area contributed by atoms with Crippen LogP contribution in [0.2, 0.25) is 0 Å². The Morgan fingerprint density at radius 1 is 1.29 bits per heavy atom. The summed E-state index contributed by atoms with van der Waals surface area (Å²) in [4.78, 5) is 0. The Morgan fingerprint density at radius 2 is 1.94 bits per heavy atom. The third-order valence-corrected chi connectivity index (χ3v) is 4.49. The molecule has 1 N–H and O–H groups in total. The van der Waals surface area contributed by atoms with Crippen LogP contribution in [0.3, 0.4) is 0 Å². The molecule has 1 atom stereocenters. The summed E-state index contributed by atoms with van der Waals surface area (Å²) in [6.45, 7) is 4.09. The van der Waals surface area contributed by atoms with Crippen molar-refractivity contribution < 1.29 is 5.11 Å². The molecule has 1 heterocycles. The number of hydrogen-bond donors (Lipinski definition) is 1. The second-order valence-corrected chi connectivity index (χ2v) is 5.37. The largest absolute Gasteiger partial charge is 0.392 e. The normalized spacial score (nSPS) is 19.5. The van der Waals surface area contributed by atoms with Crippen LogP contribution in [0.4, 0.5) is 0 Å². The number of aliphatic hydroxyl groups is 1. The first kappa shape index (κ1) is 10.8. The quantitative estimate of drug-likeness (QED) is 0.841. The smallest absolute Gasteiger partial charge is 0.0609 e. The van der Waals surface area contributed by atoms with Gasteiger partial charge in [-0.05, 0) is 38.3 Å². The van der Waals surface area contributed by atoms with Crippen LogP contribution in [0.25, 0.3) is 10.9 Å². The molecular formula is C15H19NO. The highest BCUT2D eigenvalue weighted by atomic mass is 16.3. The molecule has 1 aromatic heterocycles. The van der Waals surface area contributed by atoms with Gasteiger partial charge in [0.05, 0.1) is 6.10 Å². The molecule has 0 aliphatic heterocycles. The summed E-state index contributed by atoms with van der Waals surface area (Å²) >= 11 is 0. The maximum Gasteiger partial charge on any atom is 0.0609 e. The van der Waals surface area contributed by atoms with E-state index in [-0.39, 0.29) is 11.5 Å². The predicted octanol–water partition coefficient (Wildman–Crippen LogP) is 2.90. The van der Waals surface area contributed by atoms with Crippen LogP contribution in [0, 0.1) is 6.92 Å². The second kappa shape index (κ2) is 3.36. The molecule has 90 valence electrons. The number of hydrogen-bond acceptors (Lipinski definition) is 1. The molecule has 1 aliphatic rings. The van der Waals surface area contributed by atoms with E-state index in [1.54, 1.807) is 0 Å². The Bertz CT molecular complexity index is 576. The highest BCUT2D eigenvalue weighted by Crippen LogP contribution is 2.54. The van der Waals surface area contributed by atoms with Crippen molar-refractivity contribution in [1.82, 2.24) is 4.57 Å². The molecule has 0 bridgehead atoms. The lowest BCUT2D eigenvalue weighted by Crippen LogP contribution is -2.23. The number of nitrogens with zero attached hydrogens (tertiary/aromatic N) is 1. The number of aromatic nitrogens is 1. The van der Waals surface area contributed by atoms with Crippen molar-refractivity contribution in [2.24, 2.45) is 7.05 Å². The second-order valence-electron chi connectivity index (χ2n) is 5.37. The average Bonchev–Trinajstić information content (AvgIpc) is 3.06. The van der Waals surface area contributed by atoms with Gasteiger partial charge >= 0.3 is 0 Å². The van der Waals surface area contributed by atoms with Crippen molar-refractivity contribution in [3.05, 3.63) is 35.5 Å². The molecule has 0 spiro atoms. The molecule has 1 unspecified atom stereocenters. The summed E-state index contributed by atoms with van der Waals surface area (Å²) in [6.07, 6.45) is 1.96. The summed E-state index contributed by atoms with van der Waals surface area (Å²) in [7, 11) is 2.11. The highest BCUT2D eigenvalue weighted by Gasteiger charge is 2.50. The van der Waals surface area contributed by atoms with Crippen LogP contribution in [0.5, 0.6) is 0 Å². The summed E-state index contributed by atoms with van der Waals surface area (Å²) in [5.74, 6) is 0. The van der Waals surface area contributed by atoms with Gasteiger partial charge in [-0.15, -0.1) is 0 Å². The highest BCUT2D eigenvalue weighted by molar-refractivity contribution is 5.87. The van der Waals surface area contributed by atoms with Gasteiger partial charge in [-0.25, -0.2) is 0 Å². The van der Waals surface area contributed by atoms with Gasteiger partial charge in [0.15, 0.2) is 0 Å². The Kier molecular flexibility index (Phi) is 2.14. The van der Waals surface area contributed by atoms with Crippen molar-refractivity contribution in [2.45, 2.75) is 38.2 Å². The third-order valence-electron chi connectivity index (χ3n) is 4.49. The molecular weight excluding hydrogens is 210 g/mol. The molecule has 2 heteroatoms. The standard InChI is InChI=1S/C15H19NO/c1-10-14(15(8-9-15)11(2)17)12-6-4-5-7-13(12)16(10)3/h4-7,11,17H,8-9H2,1-3H3. The summed E-state index contributed by atoms with van der Waals surface area (Å²) in [5, 5.41) is 11.4. The van der Waals surface area contributed by atoms with E-state index in [9.17, 15) is 5.11 Å². The van der Waals surface area contributed by atoms with E-state index >= 15 is 0 Å². The van der Waals surface area contributed by atoms with Gasteiger partial charge in [-0.1, -0.05) is 18.2 Å². The Balaban J connectivity index is 2.33. The van der Waals surface area contributed by atoms with Crippen molar-refractivity contribution >= 4 is 10.9 Å². The minimum Gasteiger partial charge on any atom is -0.392 e. The van der Waals surface area contributed by atoms with E-state index in [1.807, 2.05) is 6.92 Å². The lowest BCUT2D eigenvalue weighted by atomic mass is 9.88. The van der Waals surface area contributed by atoms with Gasteiger partial charge < -0.3 is 9.67 Å². The number of para-hydroxylation sites is 1. The predicted molar refractivity (Wildman–Crippen MR) is 70.2 cm³/mol. The Morgan fingerprint density at radius 3 is 2.53 bits per heavy atom. The first-order chi connectivity index (χ1) is 8.08. The molecule has 1 fully saturated rings. The molecule has 1 aromatic carbocycles. The topological polar surface area (TPSA) is 25.2 Å². The van der Waals surface area contributed by atoms with E-state index in [4.69, 9.17) is 0 Å². The zero-order valence-corrected chi connectivity index (χ0v) is 10.7. The van der Waals surface area contributed by atoms with Gasteiger partial charge in [-0.3, -0.25) is 0 Å². The lowest BCUT2D eigenvalue weighted by Gasteiger charge is -2.19. The maximum absolute atomic E-state index is 10.1. The fourth-order valence-corrected chi connectivity index (χ4v) is 3.16. The number of benzene rings is 1. The summed E-state index contributed by atoms with van der Waals surface area (Å²) in [6, 6.07) is 8.50. The van der Waals surface area contributed by atoms with Crippen LogP contribution >= 0.6 is 0 Å². The average molecular weight is 229 g/mol. The number of rotatable bonds is 2. The third kappa shape index (κ3) is 1.31. The Labute approximate surface area is 102 Å². The molecule has 3 rings (SSSR count). The molecule has 1 saturated carbocycles. The van der Waals surface area contributed by atoms with E-state index < -0.39 is 0 Å². The molecule has 1 aliphatic carbocycles. The fraction of sp³-hybridized carbons (Fsp3) is 0.467. The van der Waals surface area contributed by atoms with Gasteiger partial charge in [0.25, 0.3) is 0 Å². The monoisotopic (exact) mass is 229 g/mol. The van der Waals surface area contributed by atoms with Crippen LogP contribution in [-0.4, -0.2) is 15.8 Å². The molecule has 2 aromatic rings. The number of aryl methyl sites for hydroxylation is 1. The van der Waals surface area contributed by atoms with Crippen molar-refractivity contribution in [2.75, 3.05) is 0 Å². The van der Waals surface area contributed by atoms with Crippen molar-refractivity contribution in [3.8, 4) is 0 Å². The van der Waals surface area contributed by atoms with Gasteiger partial charge in [-0.2, -0.15) is 0 Å². The number of aliphatic hydroxyl groups excluding tert-OH is 1. The van der Waals surface area contributed by atoms with Crippen LogP contribution in [0.15, 0.2) is 24.3 Å². The van der Waals surface area contributed by atoms with E-state index in [0.29, 0.717) is 0 Å². The minimum atomic E-state index is -0.257. The SMILES string of the molecule is Cc1c(C2(C(C)O)CC2)c2ccccc2n1C. The lowest BCUT2D eigenvalue weighted by molar-refractivity contribution is 0.151. The van der Waals surface area contributed by atoms with Gasteiger partial charge in [0, 0.05) is 29.1 Å². The van der Waals surface area contributed by atoms with E-state index in [1.165, 1.54) is 22.2 Å². The maximum atomic E-state index is 10.1. The first-order valence-corrected chi connectivity index (χ1v) is 6.30. The minimum absolute atomic E-state index is 0.0188. The van der Waals surface area contributed by atoms with Gasteiger partial charge in [0.2, 0.25) is 0 Å². The van der Waals surface area contributed by atoms with E-state index in [2.05, 4.69) is 42.8 Å². The fourth-order valence-electron chi connectivity index (χ4n) is 3.16. The molecule has 2 nitrogen and oxygen atoms in total. The van der Waals surface area contributed by atoms with Crippen molar-refractivity contribution in [3.63, 3.8) is 0 Å². The first-order valence-electron chi connectivity index (χ1n) is 6.30. The van der Waals surface area contributed by atoms with Crippen LogP contribution < -0.4 is 0 Å². The zero-order chi connectivity index (χ0) is 12.2. The van der Waals surface area contributed by atoms with E-state index in [0.717, 1.165) is 12.8 Å². The van der Waals surface area contributed by atoms with Crippen LogP contribution in [-0.2, 0) is 12.5 Å². The molecule has 0 saturated heterocycles. The number of fused-ring (bicyclic) bond motifs is 1. The van der Waals surface area contributed by atoms with Crippen molar-refractivity contribution in [1.29, 1.82) is 0 Å².